The van der Waals surface area contributed by atoms with E-state index in [2.05, 4.69) is 5.32 Å². The lowest BCUT2D eigenvalue weighted by Crippen LogP contribution is -2.23. The molecule has 0 atom stereocenters. The molecule has 2 amide bonds. The van der Waals surface area contributed by atoms with E-state index in [1.165, 1.54) is 23.1 Å². The summed E-state index contributed by atoms with van der Waals surface area (Å²) in [4.78, 5) is 25.2. The first-order valence-corrected chi connectivity index (χ1v) is 8.13. The van der Waals surface area contributed by atoms with E-state index in [1.807, 2.05) is 31.2 Å². The second kappa shape index (κ2) is 7.34. The van der Waals surface area contributed by atoms with Crippen LogP contribution in [-0.2, 0) is 16.0 Å². The second-order valence-corrected chi connectivity index (χ2v) is 5.90. The Balaban J connectivity index is 1.66. The Morgan fingerprint density at radius 3 is 2.80 bits per heavy atom. The molecule has 1 N–H and O–H groups in total. The van der Waals surface area contributed by atoms with Crippen molar-refractivity contribution in [2.75, 3.05) is 23.4 Å². The van der Waals surface area contributed by atoms with Crippen LogP contribution in [0, 0.1) is 12.7 Å². The standard InChI is InChI=1S/C19H19FN2O3/c1-13-4-2-3-5-14(13)6-9-18(23)21-17-12-15(7-8-16(17)20)22-10-11-25-19(22)24/h2-5,7-8,12H,6,9-11H2,1H3,(H,21,23). The summed E-state index contributed by atoms with van der Waals surface area (Å²) in [5, 5.41) is 2.59. The molecule has 0 aliphatic carbocycles. The molecule has 0 radical (unpaired) electrons. The summed E-state index contributed by atoms with van der Waals surface area (Å²) in [6, 6.07) is 12.0. The summed E-state index contributed by atoms with van der Waals surface area (Å²) in [5.41, 5.74) is 2.77. The van der Waals surface area contributed by atoms with Crippen LogP contribution in [0.15, 0.2) is 42.5 Å². The zero-order valence-electron chi connectivity index (χ0n) is 13.9. The van der Waals surface area contributed by atoms with E-state index >= 15 is 0 Å². The summed E-state index contributed by atoms with van der Waals surface area (Å²) < 4.78 is 18.9. The van der Waals surface area contributed by atoms with E-state index in [0.717, 1.165) is 11.1 Å². The number of benzene rings is 2. The average Bonchev–Trinajstić information content (AvgIpc) is 3.02. The molecule has 130 valence electrons. The van der Waals surface area contributed by atoms with Gasteiger partial charge in [0.2, 0.25) is 5.91 Å². The molecular weight excluding hydrogens is 323 g/mol. The molecule has 2 aromatic carbocycles. The van der Waals surface area contributed by atoms with Crippen LogP contribution in [0.1, 0.15) is 17.5 Å². The van der Waals surface area contributed by atoms with E-state index in [4.69, 9.17) is 4.74 Å². The minimum atomic E-state index is -0.541. The Labute approximate surface area is 145 Å². The Bertz CT molecular complexity index is 807. The number of nitrogens with one attached hydrogen (secondary N) is 1. The lowest BCUT2D eigenvalue weighted by atomic mass is 10.0. The number of nitrogens with zero attached hydrogens (tertiary/aromatic N) is 1. The summed E-state index contributed by atoms with van der Waals surface area (Å²) in [7, 11) is 0. The minimum absolute atomic E-state index is 0.0620. The molecular formula is C19H19FN2O3. The van der Waals surface area contributed by atoms with Crippen LogP contribution in [0.25, 0.3) is 0 Å². The molecule has 1 fully saturated rings. The normalized spacial score (nSPS) is 13.7. The zero-order valence-corrected chi connectivity index (χ0v) is 13.9. The van der Waals surface area contributed by atoms with Crippen LogP contribution in [0.5, 0.6) is 0 Å². The maximum absolute atomic E-state index is 14.0. The molecule has 1 aliphatic rings. The number of anilines is 2. The van der Waals surface area contributed by atoms with Gasteiger partial charge in [0.05, 0.1) is 12.2 Å². The Hall–Kier alpha value is -2.89. The van der Waals surface area contributed by atoms with Gasteiger partial charge in [-0.25, -0.2) is 9.18 Å². The van der Waals surface area contributed by atoms with Crippen molar-refractivity contribution in [3.8, 4) is 0 Å². The highest BCUT2D eigenvalue weighted by Gasteiger charge is 2.24. The highest BCUT2D eigenvalue weighted by molar-refractivity contribution is 5.94. The average molecular weight is 342 g/mol. The van der Waals surface area contributed by atoms with Crippen LogP contribution in [0.3, 0.4) is 0 Å². The van der Waals surface area contributed by atoms with Crippen molar-refractivity contribution < 1.29 is 18.7 Å². The molecule has 2 aromatic rings. The first kappa shape index (κ1) is 17.0. The highest BCUT2D eigenvalue weighted by atomic mass is 19.1. The molecule has 0 unspecified atom stereocenters. The molecule has 0 aromatic heterocycles. The number of rotatable bonds is 5. The summed E-state index contributed by atoms with van der Waals surface area (Å²) in [6.07, 6.45) is 0.363. The lowest BCUT2D eigenvalue weighted by molar-refractivity contribution is -0.116. The van der Waals surface area contributed by atoms with Crippen molar-refractivity contribution in [1.29, 1.82) is 0 Å². The molecule has 5 nitrogen and oxygen atoms in total. The van der Waals surface area contributed by atoms with Crippen LogP contribution in [0.4, 0.5) is 20.6 Å². The Morgan fingerprint density at radius 1 is 1.28 bits per heavy atom. The number of ether oxygens (including phenoxy) is 1. The molecule has 0 bridgehead atoms. The molecule has 1 heterocycles. The van der Waals surface area contributed by atoms with Gasteiger partial charge in [-0.3, -0.25) is 9.69 Å². The van der Waals surface area contributed by atoms with Crippen molar-refractivity contribution in [2.45, 2.75) is 19.8 Å². The van der Waals surface area contributed by atoms with Crippen LogP contribution < -0.4 is 10.2 Å². The first-order chi connectivity index (χ1) is 12.0. The largest absolute Gasteiger partial charge is 0.447 e. The molecule has 6 heteroatoms. The number of carbonyl (C=O) groups is 2. The van der Waals surface area contributed by atoms with Gasteiger partial charge in [-0.15, -0.1) is 0 Å². The summed E-state index contributed by atoms with van der Waals surface area (Å²) in [5.74, 6) is -0.816. The van der Waals surface area contributed by atoms with E-state index in [-0.39, 0.29) is 18.0 Å². The van der Waals surface area contributed by atoms with E-state index in [9.17, 15) is 14.0 Å². The third kappa shape index (κ3) is 3.96. The predicted octanol–water partition coefficient (Wildman–Crippen LogP) is 3.66. The van der Waals surface area contributed by atoms with E-state index in [1.54, 1.807) is 0 Å². The smallest absolute Gasteiger partial charge is 0.414 e. The number of halogens is 1. The maximum Gasteiger partial charge on any atom is 0.414 e. The second-order valence-electron chi connectivity index (χ2n) is 5.90. The third-order valence-corrected chi connectivity index (χ3v) is 4.18. The highest BCUT2D eigenvalue weighted by Crippen LogP contribution is 2.25. The Morgan fingerprint density at radius 2 is 2.08 bits per heavy atom. The monoisotopic (exact) mass is 342 g/mol. The van der Waals surface area contributed by atoms with E-state index in [0.29, 0.717) is 25.3 Å². The molecule has 0 spiro atoms. The van der Waals surface area contributed by atoms with Gasteiger partial charge in [-0.1, -0.05) is 24.3 Å². The fourth-order valence-electron chi connectivity index (χ4n) is 2.76. The first-order valence-electron chi connectivity index (χ1n) is 8.13. The quantitative estimate of drug-likeness (QED) is 0.902. The van der Waals surface area contributed by atoms with Gasteiger partial charge in [0, 0.05) is 12.1 Å². The van der Waals surface area contributed by atoms with Gasteiger partial charge in [-0.05, 0) is 42.7 Å². The molecule has 3 rings (SSSR count). The number of cyclic esters (lactones) is 1. The number of aryl methyl sites for hydroxylation is 2. The Kier molecular flexibility index (Phi) is 4.97. The van der Waals surface area contributed by atoms with Crippen molar-refractivity contribution in [1.82, 2.24) is 0 Å². The van der Waals surface area contributed by atoms with Gasteiger partial charge in [0.1, 0.15) is 12.4 Å². The number of amides is 2. The lowest BCUT2D eigenvalue weighted by Gasteiger charge is -2.15. The minimum Gasteiger partial charge on any atom is -0.447 e. The molecule has 0 saturated carbocycles. The van der Waals surface area contributed by atoms with Crippen molar-refractivity contribution >= 4 is 23.4 Å². The fraction of sp³-hybridized carbons (Fsp3) is 0.263. The van der Waals surface area contributed by atoms with Gasteiger partial charge in [0.15, 0.2) is 0 Å². The van der Waals surface area contributed by atoms with Crippen molar-refractivity contribution in [3.05, 3.63) is 59.4 Å². The van der Waals surface area contributed by atoms with Crippen molar-refractivity contribution in [2.24, 2.45) is 0 Å². The number of hydrogen-bond acceptors (Lipinski definition) is 3. The SMILES string of the molecule is Cc1ccccc1CCC(=O)Nc1cc(N2CCOC2=O)ccc1F. The number of hydrogen-bond donors (Lipinski definition) is 1. The molecule has 1 saturated heterocycles. The maximum atomic E-state index is 14.0. The third-order valence-electron chi connectivity index (χ3n) is 4.18. The summed E-state index contributed by atoms with van der Waals surface area (Å²) >= 11 is 0. The fourth-order valence-corrected chi connectivity index (χ4v) is 2.76. The van der Waals surface area contributed by atoms with Crippen LogP contribution in [0.2, 0.25) is 0 Å². The molecule has 1 aliphatic heterocycles. The summed E-state index contributed by atoms with van der Waals surface area (Å²) in [6.45, 7) is 2.70. The van der Waals surface area contributed by atoms with Crippen LogP contribution in [-0.4, -0.2) is 25.2 Å². The molecule has 25 heavy (non-hydrogen) atoms. The topological polar surface area (TPSA) is 58.6 Å². The predicted molar refractivity (Wildman–Crippen MR) is 93.2 cm³/mol. The van der Waals surface area contributed by atoms with Gasteiger partial charge < -0.3 is 10.1 Å². The van der Waals surface area contributed by atoms with Gasteiger partial charge in [0.25, 0.3) is 0 Å². The van der Waals surface area contributed by atoms with Crippen LogP contribution >= 0.6 is 0 Å². The van der Waals surface area contributed by atoms with E-state index < -0.39 is 11.9 Å². The van der Waals surface area contributed by atoms with Gasteiger partial charge >= 0.3 is 6.09 Å². The van der Waals surface area contributed by atoms with Crippen molar-refractivity contribution in [3.63, 3.8) is 0 Å². The zero-order chi connectivity index (χ0) is 17.8. The number of carbonyl (C=O) groups excluding carboxylic acids is 2. The van der Waals surface area contributed by atoms with Gasteiger partial charge in [-0.2, -0.15) is 0 Å².